The van der Waals surface area contributed by atoms with Crippen molar-refractivity contribution in [2.24, 2.45) is 0 Å². The maximum atomic E-state index is 11.6. The number of hydrogen-bond acceptors (Lipinski definition) is 7. The molecule has 0 amide bonds. The Kier molecular flexibility index (Phi) is 5.04. The Morgan fingerprint density at radius 1 is 1.04 bits per heavy atom. The van der Waals surface area contributed by atoms with Gasteiger partial charge in [0.2, 0.25) is 0 Å². The Morgan fingerprint density at radius 3 is 2.37 bits per heavy atom. The summed E-state index contributed by atoms with van der Waals surface area (Å²) in [5.41, 5.74) is 0.767. The largest absolute Gasteiger partial charge is 0.457 e. The van der Waals surface area contributed by atoms with Gasteiger partial charge in [-0.05, 0) is 12.1 Å². The van der Waals surface area contributed by atoms with E-state index in [4.69, 9.17) is 18.9 Å². The molecule has 8 nitrogen and oxygen atoms in total. The normalized spacial score (nSPS) is 33.1. The molecule has 2 aromatic rings. The van der Waals surface area contributed by atoms with E-state index in [9.17, 15) is 15.2 Å². The van der Waals surface area contributed by atoms with Crippen LogP contribution in [-0.2, 0) is 14.2 Å². The van der Waals surface area contributed by atoms with Gasteiger partial charge in [-0.3, -0.25) is 10.1 Å². The zero-order valence-corrected chi connectivity index (χ0v) is 14.3. The van der Waals surface area contributed by atoms with E-state index in [2.05, 4.69) is 0 Å². The van der Waals surface area contributed by atoms with Crippen LogP contribution in [0.5, 0.6) is 5.75 Å². The fourth-order valence-electron chi connectivity index (χ4n) is 3.31. The third-order valence-electron chi connectivity index (χ3n) is 4.64. The predicted octanol–water partition coefficient (Wildman–Crippen LogP) is 1.91. The number of nitro groups is 1. The van der Waals surface area contributed by atoms with Crippen LogP contribution in [-0.4, -0.2) is 47.3 Å². The van der Waals surface area contributed by atoms with Gasteiger partial charge in [-0.25, -0.2) is 0 Å². The van der Waals surface area contributed by atoms with E-state index in [1.165, 1.54) is 0 Å². The van der Waals surface area contributed by atoms with Crippen LogP contribution in [0.4, 0.5) is 0 Å². The van der Waals surface area contributed by atoms with Crippen LogP contribution in [0, 0.1) is 10.1 Å². The smallest absolute Gasteiger partial charge is 0.302 e. The number of aliphatic hydroxyl groups is 1. The van der Waals surface area contributed by atoms with Crippen molar-refractivity contribution in [1.29, 1.82) is 0 Å². The van der Waals surface area contributed by atoms with Crippen molar-refractivity contribution < 1.29 is 29.0 Å². The van der Waals surface area contributed by atoms with E-state index < -0.39 is 41.9 Å². The predicted molar refractivity (Wildman–Crippen MR) is 92.5 cm³/mol. The fourth-order valence-corrected chi connectivity index (χ4v) is 3.31. The van der Waals surface area contributed by atoms with Crippen molar-refractivity contribution in [2.75, 3.05) is 6.61 Å². The molecule has 2 aliphatic rings. The Hall–Kier alpha value is -2.52. The van der Waals surface area contributed by atoms with Crippen LogP contribution in [0.25, 0.3) is 0 Å². The third kappa shape index (κ3) is 3.65. The van der Waals surface area contributed by atoms with Gasteiger partial charge in [-0.2, -0.15) is 0 Å². The van der Waals surface area contributed by atoms with Crippen molar-refractivity contribution in [3.8, 4) is 5.75 Å². The van der Waals surface area contributed by atoms with Gasteiger partial charge >= 0.3 is 6.04 Å². The number of hydrogen-bond donors (Lipinski definition) is 1. The van der Waals surface area contributed by atoms with Crippen molar-refractivity contribution in [3.05, 3.63) is 76.3 Å². The summed E-state index contributed by atoms with van der Waals surface area (Å²) in [6, 6.07) is 16.3. The Bertz CT molecular complexity index is 772. The van der Waals surface area contributed by atoms with Crippen LogP contribution in [0.3, 0.4) is 0 Å². The van der Waals surface area contributed by atoms with E-state index in [-0.39, 0.29) is 6.61 Å². The molecule has 2 saturated heterocycles. The zero-order chi connectivity index (χ0) is 18.8. The third-order valence-corrected chi connectivity index (χ3v) is 4.64. The van der Waals surface area contributed by atoms with Gasteiger partial charge in [-0.15, -0.1) is 0 Å². The molecule has 2 aromatic carbocycles. The lowest BCUT2D eigenvalue weighted by Gasteiger charge is -2.44. The van der Waals surface area contributed by atoms with E-state index in [0.717, 1.165) is 5.56 Å². The monoisotopic (exact) mass is 373 g/mol. The molecule has 0 saturated carbocycles. The van der Waals surface area contributed by atoms with Crippen LogP contribution >= 0.6 is 0 Å². The molecule has 1 unspecified atom stereocenters. The summed E-state index contributed by atoms with van der Waals surface area (Å²) in [5.74, 6) is 0.416. The first-order chi connectivity index (χ1) is 13.1. The number of nitrogens with zero attached hydrogens (tertiary/aromatic N) is 1. The standard InChI is InChI=1S/C19H19NO7/c21-16-15(20(22)23)19(25-13-9-5-2-6-10-13)26-14-11-24-18(27-17(14)16)12-7-3-1-4-8-12/h1-10,14-19,21H,11H2/t14-,15-,16-,17-,18?,19-/m1/s1. The van der Waals surface area contributed by atoms with Crippen molar-refractivity contribution in [1.82, 2.24) is 0 Å². The average molecular weight is 373 g/mol. The second-order valence-electron chi connectivity index (χ2n) is 6.42. The van der Waals surface area contributed by atoms with E-state index in [0.29, 0.717) is 5.75 Å². The maximum Gasteiger partial charge on any atom is 0.302 e. The van der Waals surface area contributed by atoms with Crippen molar-refractivity contribution in [3.63, 3.8) is 0 Å². The SMILES string of the molecule is O=[N+]([O-])[C@H]1[C@H](Oc2ccccc2)O[C@@H]2COC(c3ccccc3)O[C@H]2[C@@H]1O. The highest BCUT2D eigenvalue weighted by Crippen LogP contribution is 2.35. The lowest BCUT2D eigenvalue weighted by molar-refractivity contribution is -0.574. The molecule has 0 aromatic heterocycles. The summed E-state index contributed by atoms with van der Waals surface area (Å²) in [4.78, 5) is 11.0. The van der Waals surface area contributed by atoms with Gasteiger partial charge in [0.05, 0.1) is 6.61 Å². The molecule has 2 fully saturated rings. The average Bonchev–Trinajstić information content (AvgIpc) is 2.69. The second-order valence-corrected chi connectivity index (χ2v) is 6.42. The summed E-state index contributed by atoms with van der Waals surface area (Å²) in [6.07, 6.45) is -4.94. The highest BCUT2D eigenvalue weighted by Gasteiger charge is 2.56. The lowest BCUT2D eigenvalue weighted by atomic mass is 9.96. The molecule has 6 atom stereocenters. The molecule has 4 rings (SSSR count). The fraction of sp³-hybridized carbons (Fsp3) is 0.368. The molecule has 8 heteroatoms. The van der Waals surface area contributed by atoms with Gasteiger partial charge in [0.15, 0.2) is 12.4 Å². The first kappa shape index (κ1) is 17.9. The van der Waals surface area contributed by atoms with Gasteiger partial charge in [0.25, 0.3) is 6.29 Å². The molecule has 0 bridgehead atoms. The second kappa shape index (κ2) is 7.61. The molecule has 1 N–H and O–H groups in total. The zero-order valence-electron chi connectivity index (χ0n) is 14.3. The molecule has 0 aliphatic carbocycles. The molecule has 2 heterocycles. The Balaban J connectivity index is 1.53. The minimum Gasteiger partial charge on any atom is -0.457 e. The molecule has 27 heavy (non-hydrogen) atoms. The minimum absolute atomic E-state index is 0.125. The first-order valence-electron chi connectivity index (χ1n) is 8.64. The van der Waals surface area contributed by atoms with Gasteiger partial charge in [0.1, 0.15) is 18.0 Å². The van der Waals surface area contributed by atoms with Crippen LogP contribution in [0.2, 0.25) is 0 Å². The Morgan fingerprint density at radius 2 is 1.70 bits per heavy atom. The number of aliphatic hydroxyl groups excluding tert-OH is 1. The van der Waals surface area contributed by atoms with Crippen LogP contribution in [0.1, 0.15) is 11.9 Å². The molecular weight excluding hydrogens is 354 g/mol. The van der Waals surface area contributed by atoms with Crippen LogP contribution < -0.4 is 4.74 Å². The van der Waals surface area contributed by atoms with Crippen molar-refractivity contribution >= 4 is 0 Å². The molecule has 2 aliphatic heterocycles. The summed E-state index contributed by atoms with van der Waals surface area (Å²) >= 11 is 0. The van der Waals surface area contributed by atoms with E-state index in [1.807, 2.05) is 30.3 Å². The molecule has 0 radical (unpaired) electrons. The summed E-state index contributed by atoms with van der Waals surface area (Å²) in [7, 11) is 0. The Labute approximate surface area is 155 Å². The van der Waals surface area contributed by atoms with Gasteiger partial charge < -0.3 is 24.1 Å². The number of ether oxygens (including phenoxy) is 4. The highest BCUT2D eigenvalue weighted by atomic mass is 16.8. The number of para-hydroxylation sites is 1. The first-order valence-corrected chi connectivity index (χ1v) is 8.64. The van der Waals surface area contributed by atoms with E-state index >= 15 is 0 Å². The topological polar surface area (TPSA) is 100 Å². The van der Waals surface area contributed by atoms with E-state index in [1.54, 1.807) is 30.3 Å². The van der Waals surface area contributed by atoms with Crippen LogP contribution in [0.15, 0.2) is 60.7 Å². The molecule has 142 valence electrons. The molecular formula is C19H19NO7. The summed E-state index contributed by atoms with van der Waals surface area (Å²) in [6.45, 7) is 0.125. The maximum absolute atomic E-state index is 11.6. The van der Waals surface area contributed by atoms with Crippen molar-refractivity contribution in [2.45, 2.75) is 36.9 Å². The lowest BCUT2D eigenvalue weighted by Crippen LogP contribution is -2.65. The summed E-state index contributed by atoms with van der Waals surface area (Å²) < 4.78 is 22.9. The number of fused-ring (bicyclic) bond motifs is 1. The molecule has 0 spiro atoms. The number of rotatable bonds is 4. The number of benzene rings is 2. The highest BCUT2D eigenvalue weighted by molar-refractivity contribution is 5.21. The minimum atomic E-state index is -1.49. The van der Waals surface area contributed by atoms with Gasteiger partial charge in [0, 0.05) is 10.5 Å². The quantitative estimate of drug-likeness (QED) is 0.645. The summed E-state index contributed by atoms with van der Waals surface area (Å²) in [5, 5.41) is 22.3. The van der Waals surface area contributed by atoms with Gasteiger partial charge in [-0.1, -0.05) is 48.5 Å².